The van der Waals surface area contributed by atoms with E-state index in [0.29, 0.717) is 19.6 Å². The van der Waals surface area contributed by atoms with E-state index in [4.69, 9.17) is 15.2 Å². The molecule has 1 rings (SSSR count). The highest BCUT2D eigenvalue weighted by Gasteiger charge is 2.26. The highest BCUT2D eigenvalue weighted by atomic mass is 16.7. The predicted octanol–water partition coefficient (Wildman–Crippen LogP) is -0.608. The minimum atomic E-state index is -0.226. The Labute approximate surface area is 109 Å². The number of nitrogens with two attached hydrogens (primary N) is 1. The molecule has 106 valence electrons. The largest absolute Gasteiger partial charge is 0.355 e. The molecule has 6 nitrogen and oxygen atoms in total. The van der Waals surface area contributed by atoms with Gasteiger partial charge in [-0.2, -0.15) is 0 Å². The summed E-state index contributed by atoms with van der Waals surface area (Å²) in [5.41, 5.74) is 5.38. The van der Waals surface area contributed by atoms with Crippen molar-refractivity contribution in [3.05, 3.63) is 0 Å². The van der Waals surface area contributed by atoms with E-state index in [0.717, 1.165) is 25.9 Å². The monoisotopic (exact) mass is 259 g/mol. The summed E-state index contributed by atoms with van der Waals surface area (Å²) in [7, 11) is 3.26. The number of methoxy groups -OCH3 is 2. The fourth-order valence-electron chi connectivity index (χ4n) is 2.23. The summed E-state index contributed by atoms with van der Waals surface area (Å²) in [4.78, 5) is 14.1. The van der Waals surface area contributed by atoms with E-state index in [1.165, 1.54) is 0 Å². The minimum Gasteiger partial charge on any atom is -0.355 e. The lowest BCUT2D eigenvalue weighted by atomic mass is 9.97. The van der Waals surface area contributed by atoms with Crippen molar-refractivity contribution in [2.75, 3.05) is 46.9 Å². The molecule has 1 unspecified atom stereocenters. The number of carbonyl (C=O) groups excluding carboxylic acids is 1. The van der Waals surface area contributed by atoms with Crippen molar-refractivity contribution in [3.63, 3.8) is 0 Å². The lowest BCUT2D eigenvalue weighted by molar-refractivity contribution is -0.132. The number of carbonyl (C=O) groups is 1. The van der Waals surface area contributed by atoms with Gasteiger partial charge in [-0.3, -0.25) is 9.69 Å². The number of rotatable bonds is 7. The fourth-order valence-corrected chi connectivity index (χ4v) is 2.23. The Balaban J connectivity index is 2.38. The summed E-state index contributed by atoms with van der Waals surface area (Å²) < 4.78 is 10.4. The van der Waals surface area contributed by atoms with Crippen molar-refractivity contribution < 1.29 is 14.3 Å². The Hall–Kier alpha value is -0.690. The Morgan fingerprint density at radius 2 is 2.22 bits per heavy atom. The van der Waals surface area contributed by atoms with E-state index < -0.39 is 0 Å². The first kappa shape index (κ1) is 15.4. The standard InChI is InChI=1S/C12H25N3O3/c1-17-11(18-2)9-15-7-3-4-10(8-15)12(16)14-6-5-13/h10-11H,3-9,13H2,1-2H3,(H,14,16). The van der Waals surface area contributed by atoms with Crippen LogP contribution in [0.4, 0.5) is 0 Å². The van der Waals surface area contributed by atoms with Crippen LogP contribution in [-0.4, -0.2) is 64.0 Å². The van der Waals surface area contributed by atoms with Crippen LogP contribution in [-0.2, 0) is 14.3 Å². The van der Waals surface area contributed by atoms with E-state index in [1.807, 2.05) is 0 Å². The first-order chi connectivity index (χ1) is 8.71. The normalized spacial score (nSPS) is 21.2. The number of nitrogens with one attached hydrogen (secondary N) is 1. The highest BCUT2D eigenvalue weighted by Crippen LogP contribution is 2.17. The first-order valence-corrected chi connectivity index (χ1v) is 6.47. The zero-order valence-electron chi connectivity index (χ0n) is 11.4. The number of amides is 1. The summed E-state index contributed by atoms with van der Waals surface area (Å²) in [5, 5.41) is 2.85. The molecule has 0 saturated carbocycles. The molecular formula is C12H25N3O3. The zero-order chi connectivity index (χ0) is 13.4. The van der Waals surface area contributed by atoms with Crippen molar-refractivity contribution in [2.24, 2.45) is 11.7 Å². The van der Waals surface area contributed by atoms with E-state index in [2.05, 4.69) is 10.2 Å². The van der Waals surface area contributed by atoms with Crippen LogP contribution in [0.2, 0.25) is 0 Å². The summed E-state index contributed by atoms with van der Waals surface area (Å²) >= 11 is 0. The molecule has 0 aromatic carbocycles. The van der Waals surface area contributed by atoms with Gasteiger partial charge in [-0.1, -0.05) is 0 Å². The zero-order valence-corrected chi connectivity index (χ0v) is 11.4. The van der Waals surface area contributed by atoms with Crippen LogP contribution in [0, 0.1) is 5.92 Å². The molecule has 18 heavy (non-hydrogen) atoms. The van der Waals surface area contributed by atoms with Crippen LogP contribution in [0.1, 0.15) is 12.8 Å². The first-order valence-electron chi connectivity index (χ1n) is 6.47. The average molecular weight is 259 g/mol. The van der Waals surface area contributed by atoms with E-state index in [1.54, 1.807) is 14.2 Å². The third-order valence-electron chi connectivity index (χ3n) is 3.25. The Morgan fingerprint density at radius 3 is 2.83 bits per heavy atom. The second-order valence-electron chi connectivity index (χ2n) is 4.58. The molecule has 1 heterocycles. The van der Waals surface area contributed by atoms with Crippen molar-refractivity contribution >= 4 is 5.91 Å². The fraction of sp³-hybridized carbons (Fsp3) is 0.917. The van der Waals surface area contributed by atoms with Crippen LogP contribution in [0.25, 0.3) is 0 Å². The smallest absolute Gasteiger partial charge is 0.224 e. The maximum atomic E-state index is 11.9. The number of ether oxygens (including phenoxy) is 2. The third-order valence-corrected chi connectivity index (χ3v) is 3.25. The van der Waals surface area contributed by atoms with Gasteiger partial charge >= 0.3 is 0 Å². The van der Waals surface area contributed by atoms with Gasteiger partial charge < -0.3 is 20.5 Å². The molecule has 6 heteroatoms. The number of piperidine rings is 1. The van der Waals surface area contributed by atoms with Crippen molar-refractivity contribution in [2.45, 2.75) is 19.1 Å². The Morgan fingerprint density at radius 1 is 1.50 bits per heavy atom. The predicted molar refractivity (Wildman–Crippen MR) is 69.0 cm³/mol. The summed E-state index contributed by atoms with van der Waals surface area (Å²) in [6.45, 7) is 3.49. The van der Waals surface area contributed by atoms with Crippen molar-refractivity contribution in [1.82, 2.24) is 10.2 Å². The molecule has 1 saturated heterocycles. The number of nitrogens with zero attached hydrogens (tertiary/aromatic N) is 1. The van der Waals surface area contributed by atoms with E-state index in [-0.39, 0.29) is 18.1 Å². The van der Waals surface area contributed by atoms with Crippen LogP contribution >= 0.6 is 0 Å². The molecule has 0 spiro atoms. The van der Waals surface area contributed by atoms with Gasteiger partial charge in [-0.25, -0.2) is 0 Å². The quantitative estimate of drug-likeness (QED) is 0.597. The number of likely N-dealkylation sites (tertiary alicyclic amines) is 1. The molecule has 0 aliphatic carbocycles. The van der Waals surface area contributed by atoms with Gasteiger partial charge in [0.15, 0.2) is 6.29 Å². The number of hydrogen-bond donors (Lipinski definition) is 2. The van der Waals surface area contributed by atoms with Gasteiger partial charge in [0, 0.05) is 40.4 Å². The molecule has 1 fully saturated rings. The molecule has 0 aromatic rings. The lowest BCUT2D eigenvalue weighted by Gasteiger charge is -2.33. The molecule has 1 aliphatic heterocycles. The highest BCUT2D eigenvalue weighted by molar-refractivity contribution is 5.78. The van der Waals surface area contributed by atoms with Gasteiger partial charge in [0.2, 0.25) is 5.91 Å². The number of hydrogen-bond acceptors (Lipinski definition) is 5. The molecule has 0 bridgehead atoms. The topological polar surface area (TPSA) is 76.8 Å². The summed E-state index contributed by atoms with van der Waals surface area (Å²) in [5.74, 6) is 0.163. The molecular weight excluding hydrogens is 234 g/mol. The molecule has 1 amide bonds. The van der Waals surface area contributed by atoms with Crippen LogP contribution in [0.3, 0.4) is 0 Å². The Bertz CT molecular complexity index is 247. The van der Waals surface area contributed by atoms with E-state index in [9.17, 15) is 4.79 Å². The van der Waals surface area contributed by atoms with Crippen LogP contribution in [0.15, 0.2) is 0 Å². The molecule has 1 atom stereocenters. The average Bonchev–Trinajstić information content (AvgIpc) is 2.42. The van der Waals surface area contributed by atoms with Gasteiger partial charge in [0.25, 0.3) is 0 Å². The SMILES string of the molecule is COC(CN1CCCC(C(=O)NCCN)C1)OC. The Kier molecular flexibility index (Phi) is 7.19. The van der Waals surface area contributed by atoms with Gasteiger partial charge in [0.1, 0.15) is 0 Å². The third kappa shape index (κ3) is 4.89. The second kappa shape index (κ2) is 8.42. The van der Waals surface area contributed by atoms with Gasteiger partial charge in [0.05, 0.1) is 5.92 Å². The molecule has 3 N–H and O–H groups in total. The molecule has 0 radical (unpaired) electrons. The lowest BCUT2D eigenvalue weighted by Crippen LogP contribution is -2.46. The minimum absolute atomic E-state index is 0.0552. The van der Waals surface area contributed by atoms with Gasteiger partial charge in [-0.05, 0) is 19.4 Å². The maximum Gasteiger partial charge on any atom is 0.224 e. The van der Waals surface area contributed by atoms with Gasteiger partial charge in [-0.15, -0.1) is 0 Å². The summed E-state index contributed by atoms with van der Waals surface area (Å²) in [6, 6.07) is 0. The van der Waals surface area contributed by atoms with E-state index >= 15 is 0 Å². The van der Waals surface area contributed by atoms with Crippen molar-refractivity contribution in [3.8, 4) is 0 Å². The molecule has 0 aromatic heterocycles. The van der Waals surface area contributed by atoms with Crippen LogP contribution < -0.4 is 11.1 Å². The van der Waals surface area contributed by atoms with Crippen LogP contribution in [0.5, 0.6) is 0 Å². The maximum absolute atomic E-state index is 11.9. The second-order valence-corrected chi connectivity index (χ2v) is 4.58. The molecule has 1 aliphatic rings. The summed E-state index contributed by atoms with van der Waals surface area (Å²) in [6.07, 6.45) is 1.74. The van der Waals surface area contributed by atoms with Crippen molar-refractivity contribution in [1.29, 1.82) is 0 Å².